The summed E-state index contributed by atoms with van der Waals surface area (Å²) in [5.74, 6) is -2.01. The lowest BCUT2D eigenvalue weighted by atomic mass is 10.2. The van der Waals surface area contributed by atoms with Crippen LogP contribution < -0.4 is 4.74 Å². The molecule has 2 aromatic rings. The fourth-order valence-corrected chi connectivity index (χ4v) is 1.65. The van der Waals surface area contributed by atoms with Gasteiger partial charge < -0.3 is 14.6 Å². The normalized spacial score (nSPS) is 10.9. The minimum absolute atomic E-state index is 0.0724. The van der Waals surface area contributed by atoms with Crippen molar-refractivity contribution in [3.05, 3.63) is 48.0 Å². The first-order valence-electron chi connectivity index (χ1n) is 6.82. The van der Waals surface area contributed by atoms with Crippen LogP contribution in [0.15, 0.2) is 36.7 Å². The summed E-state index contributed by atoms with van der Waals surface area (Å²) in [6, 6.07) is 5.70. The predicted octanol–water partition coefficient (Wildman–Crippen LogP) is 2.36. The van der Waals surface area contributed by atoms with E-state index in [1.54, 1.807) is 20.8 Å². The number of aromatic nitrogens is 2. The highest BCUT2D eigenvalue weighted by atomic mass is 16.6. The van der Waals surface area contributed by atoms with E-state index in [-0.39, 0.29) is 22.9 Å². The molecule has 0 spiro atoms. The van der Waals surface area contributed by atoms with Crippen LogP contribution in [0, 0.1) is 0 Å². The molecule has 0 aliphatic carbocycles. The van der Waals surface area contributed by atoms with Gasteiger partial charge in [-0.3, -0.25) is 0 Å². The van der Waals surface area contributed by atoms with E-state index in [4.69, 9.17) is 9.47 Å². The maximum atomic E-state index is 12.1. The zero-order chi connectivity index (χ0) is 17.0. The number of pyridine rings is 2. The Kier molecular flexibility index (Phi) is 4.59. The van der Waals surface area contributed by atoms with Gasteiger partial charge in [0.1, 0.15) is 11.4 Å². The molecule has 2 heterocycles. The molecule has 0 aliphatic heterocycles. The molecule has 0 amide bonds. The summed E-state index contributed by atoms with van der Waals surface area (Å²) in [6.45, 7) is 5.14. The first-order chi connectivity index (χ1) is 10.8. The number of esters is 2. The van der Waals surface area contributed by atoms with Gasteiger partial charge >= 0.3 is 11.9 Å². The molecule has 0 radical (unpaired) electrons. The number of carbonyl (C=O) groups is 2. The number of nitrogens with zero attached hydrogens (tertiary/aromatic N) is 2. The van der Waals surface area contributed by atoms with Gasteiger partial charge in [-0.25, -0.2) is 19.6 Å². The van der Waals surface area contributed by atoms with Crippen molar-refractivity contribution >= 4 is 11.9 Å². The summed E-state index contributed by atoms with van der Waals surface area (Å²) >= 11 is 0. The van der Waals surface area contributed by atoms with Crippen molar-refractivity contribution in [2.45, 2.75) is 26.4 Å². The number of rotatable bonds is 3. The Morgan fingerprint density at radius 1 is 1.00 bits per heavy atom. The molecule has 0 aromatic carbocycles. The lowest BCUT2D eigenvalue weighted by Crippen LogP contribution is -2.25. The lowest BCUT2D eigenvalue weighted by molar-refractivity contribution is 0.00599. The average molecular weight is 316 g/mol. The molecular formula is C16H16N2O5. The first-order valence-corrected chi connectivity index (χ1v) is 6.82. The highest BCUT2D eigenvalue weighted by Gasteiger charge is 2.24. The van der Waals surface area contributed by atoms with Crippen molar-refractivity contribution in [2.24, 2.45) is 0 Å². The van der Waals surface area contributed by atoms with Crippen molar-refractivity contribution in [2.75, 3.05) is 0 Å². The molecule has 0 saturated heterocycles. The number of carbonyl (C=O) groups excluding carboxylic acids is 2. The highest BCUT2D eigenvalue weighted by molar-refractivity contribution is 5.95. The van der Waals surface area contributed by atoms with Crippen LogP contribution >= 0.6 is 0 Å². The largest absolute Gasteiger partial charge is 0.505 e. The van der Waals surface area contributed by atoms with Gasteiger partial charge in [0.25, 0.3) is 0 Å². The van der Waals surface area contributed by atoms with E-state index in [1.165, 1.54) is 36.7 Å². The van der Waals surface area contributed by atoms with Gasteiger partial charge in [0.05, 0.1) is 0 Å². The molecule has 0 bridgehead atoms. The number of ether oxygens (including phenoxy) is 2. The van der Waals surface area contributed by atoms with Crippen LogP contribution in [0.2, 0.25) is 0 Å². The summed E-state index contributed by atoms with van der Waals surface area (Å²) < 4.78 is 10.3. The molecule has 7 nitrogen and oxygen atoms in total. The van der Waals surface area contributed by atoms with E-state index >= 15 is 0 Å². The maximum absolute atomic E-state index is 12.1. The van der Waals surface area contributed by atoms with E-state index in [0.717, 1.165) is 0 Å². The van der Waals surface area contributed by atoms with E-state index in [9.17, 15) is 14.7 Å². The maximum Gasteiger partial charge on any atom is 0.366 e. The Bertz CT molecular complexity index is 737. The van der Waals surface area contributed by atoms with Crippen LogP contribution in [0.5, 0.6) is 11.5 Å². The third kappa shape index (κ3) is 4.26. The number of hydrogen-bond donors (Lipinski definition) is 1. The topological polar surface area (TPSA) is 98.6 Å². The zero-order valence-corrected chi connectivity index (χ0v) is 12.9. The van der Waals surface area contributed by atoms with Crippen LogP contribution in [-0.2, 0) is 4.74 Å². The molecule has 7 heteroatoms. The molecule has 120 valence electrons. The second-order valence-corrected chi connectivity index (χ2v) is 5.61. The van der Waals surface area contributed by atoms with Crippen LogP contribution in [0.4, 0.5) is 0 Å². The molecule has 2 rings (SSSR count). The Hall–Kier alpha value is -2.96. The molecule has 1 N–H and O–H groups in total. The van der Waals surface area contributed by atoms with Gasteiger partial charge in [0.2, 0.25) is 0 Å². The third-order valence-electron chi connectivity index (χ3n) is 2.55. The second kappa shape index (κ2) is 6.43. The van der Waals surface area contributed by atoms with Crippen molar-refractivity contribution in [1.29, 1.82) is 0 Å². The first kappa shape index (κ1) is 16.4. The molecule has 0 saturated carbocycles. The van der Waals surface area contributed by atoms with E-state index in [0.29, 0.717) is 0 Å². The second-order valence-electron chi connectivity index (χ2n) is 5.61. The summed E-state index contributed by atoms with van der Waals surface area (Å²) in [5.41, 5.74) is -1.10. The molecular weight excluding hydrogens is 300 g/mol. The molecule has 23 heavy (non-hydrogen) atoms. The fourth-order valence-electron chi connectivity index (χ4n) is 1.65. The predicted molar refractivity (Wildman–Crippen MR) is 80.3 cm³/mol. The van der Waals surface area contributed by atoms with Crippen molar-refractivity contribution in [3.8, 4) is 11.5 Å². The smallest absolute Gasteiger partial charge is 0.366 e. The number of aromatic hydroxyl groups is 1. The van der Waals surface area contributed by atoms with Crippen LogP contribution in [0.1, 0.15) is 41.7 Å². The standard InChI is InChI=1S/C16H16N2O5/c1-16(2,3)23-15(21)13-11(7-5-9-18-13)22-14(20)12-10(19)6-4-8-17-12/h4-9,19H,1-3H3. The van der Waals surface area contributed by atoms with Crippen LogP contribution in [0.3, 0.4) is 0 Å². The minimum atomic E-state index is -0.902. The lowest BCUT2D eigenvalue weighted by Gasteiger charge is -2.19. The Labute approximate surface area is 132 Å². The van der Waals surface area contributed by atoms with Gasteiger partial charge in [-0.2, -0.15) is 0 Å². The summed E-state index contributed by atoms with van der Waals surface area (Å²) in [7, 11) is 0. The zero-order valence-electron chi connectivity index (χ0n) is 12.9. The molecule has 0 fully saturated rings. The van der Waals surface area contributed by atoms with Gasteiger partial charge in [-0.15, -0.1) is 0 Å². The Morgan fingerprint density at radius 3 is 2.22 bits per heavy atom. The summed E-state index contributed by atoms with van der Waals surface area (Å²) in [6.07, 6.45) is 2.73. The molecule has 2 aromatic heterocycles. The summed E-state index contributed by atoms with van der Waals surface area (Å²) in [5, 5.41) is 9.62. The van der Waals surface area contributed by atoms with E-state index in [2.05, 4.69) is 9.97 Å². The fraction of sp³-hybridized carbons (Fsp3) is 0.250. The summed E-state index contributed by atoms with van der Waals surface area (Å²) in [4.78, 5) is 31.8. The third-order valence-corrected chi connectivity index (χ3v) is 2.55. The monoisotopic (exact) mass is 316 g/mol. The van der Waals surface area contributed by atoms with Gasteiger partial charge in [0.15, 0.2) is 17.1 Å². The Morgan fingerprint density at radius 2 is 1.61 bits per heavy atom. The highest BCUT2D eigenvalue weighted by Crippen LogP contribution is 2.22. The van der Waals surface area contributed by atoms with Gasteiger partial charge in [0, 0.05) is 12.4 Å². The SMILES string of the molecule is CC(C)(C)OC(=O)c1ncccc1OC(=O)c1ncccc1O. The van der Waals surface area contributed by atoms with Crippen LogP contribution in [0.25, 0.3) is 0 Å². The van der Waals surface area contributed by atoms with Gasteiger partial charge in [-0.05, 0) is 45.0 Å². The average Bonchev–Trinajstić information content (AvgIpc) is 2.46. The number of hydrogen-bond acceptors (Lipinski definition) is 7. The minimum Gasteiger partial charge on any atom is -0.505 e. The molecule has 0 aliphatic rings. The van der Waals surface area contributed by atoms with Gasteiger partial charge in [-0.1, -0.05) is 0 Å². The van der Waals surface area contributed by atoms with Crippen molar-refractivity contribution in [1.82, 2.24) is 9.97 Å². The van der Waals surface area contributed by atoms with E-state index < -0.39 is 17.5 Å². The van der Waals surface area contributed by atoms with Crippen molar-refractivity contribution < 1.29 is 24.2 Å². The molecule has 0 unspecified atom stereocenters. The Balaban J connectivity index is 2.26. The van der Waals surface area contributed by atoms with Crippen molar-refractivity contribution in [3.63, 3.8) is 0 Å². The molecule has 0 atom stereocenters. The van der Waals surface area contributed by atoms with E-state index in [1.807, 2.05) is 0 Å². The quantitative estimate of drug-likeness (QED) is 0.868. The van der Waals surface area contributed by atoms with Crippen LogP contribution in [-0.4, -0.2) is 32.6 Å².